The number of carbonyl (C=O) groups excluding carboxylic acids is 1. The Labute approximate surface area is 117 Å². The van der Waals surface area contributed by atoms with Gasteiger partial charge in [-0.15, -0.1) is 0 Å². The van der Waals surface area contributed by atoms with Crippen LogP contribution in [0, 0.1) is 0 Å². The minimum atomic E-state index is -0.473. The molecular formula is C12H9BrN4O2. The van der Waals surface area contributed by atoms with Gasteiger partial charge in [0, 0.05) is 22.4 Å². The normalized spacial score (nSPS) is 10.6. The van der Waals surface area contributed by atoms with Gasteiger partial charge in [0.25, 0.3) is 5.91 Å². The maximum atomic E-state index is 11.6. The van der Waals surface area contributed by atoms with Gasteiger partial charge in [0.05, 0.1) is 12.4 Å². The zero-order valence-corrected chi connectivity index (χ0v) is 11.2. The molecule has 2 aromatic rings. The van der Waals surface area contributed by atoms with E-state index in [1.165, 1.54) is 30.9 Å². The first-order chi connectivity index (χ1) is 9.16. The summed E-state index contributed by atoms with van der Waals surface area (Å²) >= 11 is 3.28. The summed E-state index contributed by atoms with van der Waals surface area (Å²) in [6.07, 6.45) is 5.56. The number of nitrogens with one attached hydrogen (secondary N) is 1. The number of aromatic nitrogens is 2. The molecule has 19 heavy (non-hydrogen) atoms. The Morgan fingerprint density at radius 1 is 1.42 bits per heavy atom. The summed E-state index contributed by atoms with van der Waals surface area (Å²) in [5.41, 5.74) is 2.94. The van der Waals surface area contributed by atoms with Crippen molar-refractivity contribution in [2.24, 2.45) is 5.10 Å². The summed E-state index contributed by atoms with van der Waals surface area (Å²) < 4.78 is 0.798. The van der Waals surface area contributed by atoms with Gasteiger partial charge in [-0.25, -0.2) is 10.4 Å². The molecule has 2 N–H and O–H groups in total. The van der Waals surface area contributed by atoms with Crippen molar-refractivity contribution < 1.29 is 9.90 Å². The van der Waals surface area contributed by atoms with E-state index in [9.17, 15) is 9.90 Å². The van der Waals surface area contributed by atoms with E-state index in [1.807, 2.05) is 0 Å². The van der Waals surface area contributed by atoms with Crippen molar-refractivity contribution in [1.29, 1.82) is 0 Å². The lowest BCUT2D eigenvalue weighted by molar-refractivity contribution is 0.0949. The molecule has 0 spiro atoms. The lowest BCUT2D eigenvalue weighted by atomic mass is 10.2. The summed E-state index contributed by atoms with van der Waals surface area (Å²) in [6, 6.07) is 4.90. The zero-order chi connectivity index (χ0) is 13.7. The zero-order valence-electron chi connectivity index (χ0n) is 9.62. The summed E-state index contributed by atoms with van der Waals surface area (Å²) in [6.45, 7) is 0. The highest BCUT2D eigenvalue weighted by Gasteiger charge is 2.05. The maximum Gasteiger partial charge on any atom is 0.291 e. The van der Waals surface area contributed by atoms with E-state index in [0.29, 0.717) is 5.56 Å². The SMILES string of the molecule is O=C(NN=Cc1cc(Br)ccc1O)c1cnccn1. The monoisotopic (exact) mass is 320 g/mol. The van der Waals surface area contributed by atoms with Crippen LogP contribution < -0.4 is 5.43 Å². The van der Waals surface area contributed by atoms with Crippen LogP contribution in [-0.4, -0.2) is 27.2 Å². The molecule has 1 aromatic heterocycles. The van der Waals surface area contributed by atoms with Crippen molar-refractivity contribution in [3.63, 3.8) is 0 Å². The van der Waals surface area contributed by atoms with Crippen LogP contribution in [0.5, 0.6) is 5.75 Å². The number of amides is 1. The van der Waals surface area contributed by atoms with Gasteiger partial charge in [-0.05, 0) is 18.2 Å². The van der Waals surface area contributed by atoms with Gasteiger partial charge < -0.3 is 5.11 Å². The highest BCUT2D eigenvalue weighted by molar-refractivity contribution is 9.10. The molecule has 0 saturated heterocycles. The minimum Gasteiger partial charge on any atom is -0.507 e. The predicted octanol–water partition coefficient (Wildman–Crippen LogP) is 1.71. The van der Waals surface area contributed by atoms with Crippen LogP contribution in [0.25, 0.3) is 0 Å². The van der Waals surface area contributed by atoms with Crippen LogP contribution in [0.15, 0.2) is 46.4 Å². The predicted molar refractivity (Wildman–Crippen MR) is 72.9 cm³/mol. The molecule has 7 heteroatoms. The fourth-order valence-corrected chi connectivity index (χ4v) is 1.64. The molecule has 0 saturated carbocycles. The number of hydrogen-bond acceptors (Lipinski definition) is 5. The number of carbonyl (C=O) groups is 1. The van der Waals surface area contributed by atoms with Crippen LogP contribution in [0.1, 0.15) is 16.1 Å². The highest BCUT2D eigenvalue weighted by atomic mass is 79.9. The fourth-order valence-electron chi connectivity index (χ4n) is 1.26. The van der Waals surface area contributed by atoms with Crippen LogP contribution in [-0.2, 0) is 0 Å². The maximum absolute atomic E-state index is 11.6. The van der Waals surface area contributed by atoms with E-state index in [2.05, 4.69) is 36.4 Å². The molecule has 0 atom stereocenters. The third kappa shape index (κ3) is 3.59. The molecule has 1 amide bonds. The van der Waals surface area contributed by atoms with Crippen LogP contribution in [0.4, 0.5) is 0 Å². The number of nitrogens with zero attached hydrogens (tertiary/aromatic N) is 3. The number of phenolic OH excluding ortho intramolecular Hbond substituents is 1. The van der Waals surface area contributed by atoms with Gasteiger partial charge in [-0.1, -0.05) is 15.9 Å². The second-order valence-electron chi connectivity index (χ2n) is 3.49. The molecule has 0 radical (unpaired) electrons. The lowest BCUT2D eigenvalue weighted by Gasteiger charge is -2.00. The number of phenols is 1. The van der Waals surface area contributed by atoms with E-state index >= 15 is 0 Å². The smallest absolute Gasteiger partial charge is 0.291 e. The van der Waals surface area contributed by atoms with Gasteiger partial charge >= 0.3 is 0 Å². The number of aromatic hydroxyl groups is 1. The molecule has 0 unspecified atom stereocenters. The fraction of sp³-hybridized carbons (Fsp3) is 0. The molecule has 1 heterocycles. The van der Waals surface area contributed by atoms with E-state index in [-0.39, 0.29) is 11.4 Å². The van der Waals surface area contributed by atoms with Crippen LogP contribution >= 0.6 is 15.9 Å². The highest BCUT2D eigenvalue weighted by Crippen LogP contribution is 2.19. The molecule has 0 aliphatic carbocycles. The summed E-state index contributed by atoms with van der Waals surface area (Å²) in [5.74, 6) is -0.403. The Morgan fingerprint density at radius 2 is 2.26 bits per heavy atom. The third-order valence-corrected chi connectivity index (χ3v) is 2.65. The van der Waals surface area contributed by atoms with E-state index in [0.717, 1.165) is 4.47 Å². The first kappa shape index (κ1) is 13.2. The second-order valence-corrected chi connectivity index (χ2v) is 4.41. The van der Waals surface area contributed by atoms with Gasteiger partial charge in [0.1, 0.15) is 11.4 Å². The largest absolute Gasteiger partial charge is 0.507 e. The number of hydrazone groups is 1. The molecule has 0 aliphatic heterocycles. The minimum absolute atomic E-state index is 0.0701. The van der Waals surface area contributed by atoms with Crippen LogP contribution in [0.3, 0.4) is 0 Å². The Bertz CT molecular complexity index is 616. The van der Waals surface area contributed by atoms with Gasteiger partial charge in [0.15, 0.2) is 0 Å². The van der Waals surface area contributed by atoms with Crippen molar-refractivity contribution in [2.45, 2.75) is 0 Å². The molecule has 96 valence electrons. The number of halogens is 1. The van der Waals surface area contributed by atoms with E-state index < -0.39 is 5.91 Å². The summed E-state index contributed by atoms with van der Waals surface area (Å²) in [7, 11) is 0. The first-order valence-corrected chi connectivity index (χ1v) is 6.04. The molecular weight excluding hydrogens is 312 g/mol. The second kappa shape index (κ2) is 6.05. The van der Waals surface area contributed by atoms with E-state index in [1.54, 1.807) is 12.1 Å². The topological polar surface area (TPSA) is 87.5 Å². The molecule has 0 aliphatic rings. The molecule has 2 rings (SSSR count). The first-order valence-electron chi connectivity index (χ1n) is 5.25. The molecule has 6 nitrogen and oxygen atoms in total. The van der Waals surface area contributed by atoms with Gasteiger partial charge in [-0.3, -0.25) is 9.78 Å². The Balaban J connectivity index is 2.04. The van der Waals surface area contributed by atoms with E-state index in [4.69, 9.17) is 0 Å². The van der Waals surface area contributed by atoms with Gasteiger partial charge in [-0.2, -0.15) is 5.10 Å². The average Bonchev–Trinajstić information content (AvgIpc) is 2.43. The summed E-state index contributed by atoms with van der Waals surface area (Å²) in [5, 5.41) is 13.3. The number of hydrogen-bond donors (Lipinski definition) is 2. The van der Waals surface area contributed by atoms with Crippen LogP contribution in [0.2, 0.25) is 0 Å². The Kier molecular flexibility index (Phi) is 4.19. The molecule has 1 aromatic carbocycles. The van der Waals surface area contributed by atoms with Gasteiger partial charge in [0.2, 0.25) is 0 Å². The standard InChI is InChI=1S/C12H9BrN4O2/c13-9-1-2-11(18)8(5-9)6-16-17-12(19)10-7-14-3-4-15-10/h1-7,18H,(H,17,19). The molecule has 0 bridgehead atoms. The number of rotatable bonds is 3. The number of benzene rings is 1. The van der Waals surface area contributed by atoms with Crippen molar-refractivity contribution in [3.8, 4) is 5.75 Å². The quantitative estimate of drug-likeness (QED) is 0.665. The Hall–Kier alpha value is -2.28. The molecule has 0 fully saturated rings. The Morgan fingerprint density at radius 3 is 3.00 bits per heavy atom. The van der Waals surface area contributed by atoms with Crippen molar-refractivity contribution in [3.05, 3.63) is 52.5 Å². The van der Waals surface area contributed by atoms with Crippen molar-refractivity contribution >= 4 is 28.1 Å². The van der Waals surface area contributed by atoms with Crippen molar-refractivity contribution in [2.75, 3.05) is 0 Å². The lowest BCUT2D eigenvalue weighted by Crippen LogP contribution is -2.19. The van der Waals surface area contributed by atoms with Crippen molar-refractivity contribution in [1.82, 2.24) is 15.4 Å². The third-order valence-electron chi connectivity index (χ3n) is 2.16. The average molecular weight is 321 g/mol. The summed E-state index contributed by atoms with van der Waals surface area (Å²) in [4.78, 5) is 19.2.